The van der Waals surface area contributed by atoms with Crippen LogP contribution in [0.15, 0.2) is 40.6 Å². The van der Waals surface area contributed by atoms with Crippen LogP contribution in [-0.2, 0) is 10.0 Å². The minimum atomic E-state index is -3.68. The number of thiophene rings is 1. The number of nitrogens with zero attached hydrogens (tertiary/aromatic N) is 2. The van der Waals surface area contributed by atoms with Crippen LogP contribution < -0.4 is 10.2 Å². The van der Waals surface area contributed by atoms with Gasteiger partial charge in [-0.05, 0) is 42.5 Å². The van der Waals surface area contributed by atoms with Gasteiger partial charge in [0.2, 0.25) is 10.0 Å². The minimum absolute atomic E-state index is 0.116. The number of sulfonamides is 1. The first-order valence-electron chi connectivity index (χ1n) is 9.11. The van der Waals surface area contributed by atoms with E-state index >= 15 is 0 Å². The number of hydrogen-bond acceptors (Lipinski definition) is 5. The number of nitrogens with one attached hydrogen (secondary N) is 1. The Kier molecular flexibility index (Phi) is 6.18. The molecule has 1 aliphatic rings. The van der Waals surface area contributed by atoms with Crippen molar-refractivity contribution in [3.05, 3.63) is 46.2 Å². The molecule has 0 radical (unpaired) electrons. The molecule has 0 bridgehead atoms. The van der Waals surface area contributed by atoms with Gasteiger partial charge in [-0.1, -0.05) is 19.1 Å². The summed E-state index contributed by atoms with van der Waals surface area (Å²) in [7, 11) is -3.68. The minimum Gasteiger partial charge on any atom is -0.369 e. The molecular formula is C19H25N3O3S2. The number of aryl methyl sites for hydroxylation is 1. The Bertz CT molecular complexity index is 900. The SMILES string of the molecule is CCCNC(=O)c1sccc1S(=O)(=O)N1CCN(c2cccc(C)c2)CC1. The fraction of sp³-hybridized carbons (Fsp3) is 0.421. The zero-order valence-electron chi connectivity index (χ0n) is 15.6. The van der Waals surface area contributed by atoms with Gasteiger partial charge in [0.15, 0.2) is 0 Å². The summed E-state index contributed by atoms with van der Waals surface area (Å²) in [5.41, 5.74) is 2.30. The molecule has 1 aromatic heterocycles. The maximum absolute atomic E-state index is 13.1. The Morgan fingerprint density at radius 3 is 2.59 bits per heavy atom. The van der Waals surface area contributed by atoms with E-state index in [-0.39, 0.29) is 15.7 Å². The lowest BCUT2D eigenvalue weighted by molar-refractivity contribution is 0.0954. The molecule has 2 aromatic rings. The van der Waals surface area contributed by atoms with E-state index in [0.717, 1.165) is 12.1 Å². The smallest absolute Gasteiger partial charge is 0.262 e. The van der Waals surface area contributed by atoms with Gasteiger partial charge in [-0.2, -0.15) is 4.31 Å². The Balaban J connectivity index is 1.72. The Morgan fingerprint density at radius 2 is 1.93 bits per heavy atom. The van der Waals surface area contributed by atoms with Crippen molar-refractivity contribution >= 4 is 33.0 Å². The Labute approximate surface area is 164 Å². The average molecular weight is 408 g/mol. The van der Waals surface area contributed by atoms with Gasteiger partial charge in [-0.15, -0.1) is 11.3 Å². The summed E-state index contributed by atoms with van der Waals surface area (Å²) < 4.78 is 27.6. The molecule has 1 saturated heterocycles. The van der Waals surface area contributed by atoms with Crippen LogP contribution in [0.1, 0.15) is 28.6 Å². The molecular weight excluding hydrogens is 382 g/mol. The Hall–Kier alpha value is -1.90. The van der Waals surface area contributed by atoms with E-state index in [2.05, 4.69) is 16.3 Å². The van der Waals surface area contributed by atoms with Gasteiger partial charge < -0.3 is 10.2 Å². The lowest BCUT2D eigenvalue weighted by atomic mass is 10.2. The number of piperazine rings is 1. The van der Waals surface area contributed by atoms with Crippen molar-refractivity contribution in [2.75, 3.05) is 37.6 Å². The van der Waals surface area contributed by atoms with Crippen LogP contribution in [0.25, 0.3) is 0 Å². The molecule has 1 amide bonds. The average Bonchev–Trinajstić information content (AvgIpc) is 3.17. The molecule has 8 heteroatoms. The van der Waals surface area contributed by atoms with Crippen molar-refractivity contribution in [2.24, 2.45) is 0 Å². The molecule has 27 heavy (non-hydrogen) atoms. The number of benzene rings is 1. The van der Waals surface area contributed by atoms with E-state index in [4.69, 9.17) is 0 Å². The van der Waals surface area contributed by atoms with Crippen LogP contribution >= 0.6 is 11.3 Å². The highest BCUT2D eigenvalue weighted by molar-refractivity contribution is 7.89. The van der Waals surface area contributed by atoms with Crippen molar-refractivity contribution in [1.82, 2.24) is 9.62 Å². The normalized spacial score (nSPS) is 15.7. The first-order chi connectivity index (χ1) is 12.9. The van der Waals surface area contributed by atoms with Crippen molar-refractivity contribution in [3.63, 3.8) is 0 Å². The predicted molar refractivity (Wildman–Crippen MR) is 109 cm³/mol. The largest absolute Gasteiger partial charge is 0.369 e. The van der Waals surface area contributed by atoms with Gasteiger partial charge in [0, 0.05) is 38.4 Å². The molecule has 0 aliphatic carbocycles. The molecule has 1 aliphatic heterocycles. The van der Waals surface area contributed by atoms with E-state index in [1.165, 1.54) is 27.3 Å². The van der Waals surface area contributed by atoms with Crippen molar-refractivity contribution < 1.29 is 13.2 Å². The maximum Gasteiger partial charge on any atom is 0.262 e. The number of amides is 1. The molecule has 146 valence electrons. The predicted octanol–water partition coefficient (Wildman–Crippen LogP) is 2.71. The van der Waals surface area contributed by atoms with Gasteiger partial charge in [0.05, 0.1) is 0 Å². The first-order valence-corrected chi connectivity index (χ1v) is 11.4. The van der Waals surface area contributed by atoms with Gasteiger partial charge >= 0.3 is 0 Å². The van der Waals surface area contributed by atoms with Crippen LogP contribution in [0.3, 0.4) is 0 Å². The summed E-state index contributed by atoms with van der Waals surface area (Å²) in [6, 6.07) is 9.76. The highest BCUT2D eigenvalue weighted by Crippen LogP contribution is 2.27. The molecule has 1 aromatic carbocycles. The monoisotopic (exact) mass is 407 g/mol. The second kappa shape index (κ2) is 8.41. The zero-order chi connectivity index (χ0) is 19.4. The fourth-order valence-corrected chi connectivity index (χ4v) is 5.87. The molecule has 2 heterocycles. The number of carbonyl (C=O) groups is 1. The highest BCUT2D eigenvalue weighted by Gasteiger charge is 2.32. The van der Waals surface area contributed by atoms with E-state index in [0.29, 0.717) is 32.7 Å². The third kappa shape index (κ3) is 4.34. The molecule has 0 unspecified atom stereocenters. The standard InChI is InChI=1S/C19H25N3O3S2/c1-3-8-20-19(23)18-17(7-13-26-18)27(24,25)22-11-9-21(10-12-22)16-6-4-5-15(2)14-16/h4-7,13-14H,3,8-12H2,1-2H3,(H,20,23). The van der Waals surface area contributed by atoms with Crippen LogP contribution in [0.4, 0.5) is 5.69 Å². The third-order valence-electron chi connectivity index (χ3n) is 4.59. The topological polar surface area (TPSA) is 69.7 Å². The zero-order valence-corrected chi connectivity index (χ0v) is 17.3. The second-order valence-corrected chi connectivity index (χ2v) is 9.42. The third-order valence-corrected chi connectivity index (χ3v) is 7.58. The quantitative estimate of drug-likeness (QED) is 0.799. The van der Waals surface area contributed by atoms with Gasteiger partial charge in [-0.25, -0.2) is 8.42 Å². The van der Waals surface area contributed by atoms with Crippen LogP contribution in [0.2, 0.25) is 0 Å². The van der Waals surface area contributed by atoms with Crippen LogP contribution in [-0.4, -0.2) is 51.4 Å². The van der Waals surface area contributed by atoms with E-state index in [1.807, 2.05) is 32.0 Å². The number of hydrogen-bond donors (Lipinski definition) is 1. The molecule has 3 rings (SSSR count). The lowest BCUT2D eigenvalue weighted by Crippen LogP contribution is -2.48. The highest BCUT2D eigenvalue weighted by atomic mass is 32.2. The summed E-state index contributed by atoms with van der Waals surface area (Å²) in [4.78, 5) is 14.9. The van der Waals surface area contributed by atoms with Crippen molar-refractivity contribution in [1.29, 1.82) is 0 Å². The number of carbonyl (C=O) groups excluding carboxylic acids is 1. The van der Waals surface area contributed by atoms with E-state index in [9.17, 15) is 13.2 Å². The number of anilines is 1. The van der Waals surface area contributed by atoms with Gasteiger partial charge in [0.1, 0.15) is 9.77 Å². The van der Waals surface area contributed by atoms with E-state index in [1.54, 1.807) is 5.38 Å². The first kappa shape index (κ1) is 19.9. The summed E-state index contributed by atoms with van der Waals surface area (Å²) in [5, 5.41) is 4.43. The number of rotatable bonds is 6. The summed E-state index contributed by atoms with van der Waals surface area (Å²) in [6.07, 6.45) is 0.806. The fourth-order valence-electron chi connectivity index (χ4n) is 3.14. The lowest BCUT2D eigenvalue weighted by Gasteiger charge is -2.35. The maximum atomic E-state index is 13.1. The molecule has 0 atom stereocenters. The van der Waals surface area contributed by atoms with Gasteiger partial charge in [0.25, 0.3) is 5.91 Å². The summed E-state index contributed by atoms with van der Waals surface area (Å²) >= 11 is 1.17. The Morgan fingerprint density at radius 1 is 1.19 bits per heavy atom. The summed E-state index contributed by atoms with van der Waals surface area (Å²) in [6.45, 7) is 6.61. The van der Waals surface area contributed by atoms with Crippen LogP contribution in [0.5, 0.6) is 0 Å². The van der Waals surface area contributed by atoms with Gasteiger partial charge in [-0.3, -0.25) is 4.79 Å². The van der Waals surface area contributed by atoms with Crippen LogP contribution in [0, 0.1) is 6.92 Å². The van der Waals surface area contributed by atoms with E-state index < -0.39 is 10.0 Å². The molecule has 0 spiro atoms. The molecule has 1 fully saturated rings. The second-order valence-electron chi connectivity index (χ2n) is 6.60. The molecule has 6 nitrogen and oxygen atoms in total. The summed E-state index contributed by atoms with van der Waals surface area (Å²) in [5.74, 6) is -0.316. The van der Waals surface area contributed by atoms with Crippen molar-refractivity contribution in [2.45, 2.75) is 25.2 Å². The molecule has 0 saturated carbocycles. The molecule has 1 N–H and O–H groups in total. The van der Waals surface area contributed by atoms with Crippen molar-refractivity contribution in [3.8, 4) is 0 Å².